The van der Waals surface area contributed by atoms with Crippen LogP contribution in [-0.2, 0) is 0 Å². The molecule has 6 nitrogen and oxygen atoms in total. The molecule has 8 heteroatoms. The molecule has 3 N–H and O–H groups in total. The summed E-state index contributed by atoms with van der Waals surface area (Å²) in [5.74, 6) is 0. The highest BCUT2D eigenvalue weighted by molar-refractivity contribution is 9.10. The number of imidazole rings is 1. The first kappa shape index (κ1) is 22.3. The van der Waals surface area contributed by atoms with Gasteiger partial charge in [0.25, 0.3) is 0 Å². The fourth-order valence-electron chi connectivity index (χ4n) is 3.42. The summed E-state index contributed by atoms with van der Waals surface area (Å²) < 4.78 is 2.42. The topological polar surface area (TPSA) is 94.1 Å². The van der Waals surface area contributed by atoms with Gasteiger partial charge in [0.15, 0.2) is 11.0 Å². The van der Waals surface area contributed by atoms with E-state index in [1.165, 1.54) is 0 Å². The highest BCUT2D eigenvalue weighted by Crippen LogP contribution is 2.36. The van der Waals surface area contributed by atoms with Crippen molar-refractivity contribution in [1.29, 1.82) is 5.26 Å². The largest absolute Gasteiger partial charge is 0.373 e. The molecule has 0 amide bonds. The molecule has 156 valence electrons. The summed E-state index contributed by atoms with van der Waals surface area (Å²) in [5.41, 5.74) is 3.95. The summed E-state index contributed by atoms with van der Waals surface area (Å²) in [7, 11) is 0. The number of anilines is 1. The van der Waals surface area contributed by atoms with Crippen LogP contribution in [0.1, 0.15) is 60.3 Å². The molecule has 2 aromatic carbocycles. The van der Waals surface area contributed by atoms with Crippen LogP contribution in [0.3, 0.4) is 0 Å². The van der Waals surface area contributed by atoms with E-state index >= 15 is 0 Å². The van der Waals surface area contributed by atoms with Crippen molar-refractivity contribution in [3.63, 3.8) is 0 Å². The molecule has 0 aliphatic rings. The molecule has 0 spiro atoms. The number of nitriles is 1. The Morgan fingerprint density at radius 1 is 1.17 bits per heavy atom. The molecule has 0 fully saturated rings. The van der Waals surface area contributed by atoms with E-state index < -0.39 is 12.3 Å². The van der Waals surface area contributed by atoms with Crippen molar-refractivity contribution in [1.82, 2.24) is 9.55 Å². The molecule has 0 saturated heterocycles. The normalized spacial score (nSPS) is 12.3. The predicted molar refractivity (Wildman–Crippen MR) is 120 cm³/mol. The van der Waals surface area contributed by atoms with Crippen molar-refractivity contribution in [2.24, 2.45) is 0 Å². The van der Waals surface area contributed by atoms with Crippen LogP contribution in [0.4, 0.5) is 5.69 Å². The van der Waals surface area contributed by atoms with E-state index in [4.69, 9.17) is 16.9 Å². The van der Waals surface area contributed by atoms with E-state index in [-0.39, 0.29) is 11.7 Å². The molecule has 0 aliphatic carbocycles. The van der Waals surface area contributed by atoms with Gasteiger partial charge in [0, 0.05) is 16.8 Å². The summed E-state index contributed by atoms with van der Waals surface area (Å²) >= 11 is 9.55. The Balaban J connectivity index is 2.21. The zero-order valence-corrected chi connectivity index (χ0v) is 19.1. The number of halogens is 2. The van der Waals surface area contributed by atoms with Crippen LogP contribution in [-0.4, -0.2) is 19.8 Å². The fourth-order valence-corrected chi connectivity index (χ4v) is 4.33. The standard InChI is InChI=1S/C22H22BrClN4O2/c1-12(2)28-20(19(21(29)30)27-22(28)23)18(15-5-7-16(24)8-6-15)26-17-9-4-14(11-25)10-13(17)3/h4-10,12,18,21,26,29-30H,1-3H3. The average molecular weight is 490 g/mol. The van der Waals surface area contributed by atoms with Gasteiger partial charge < -0.3 is 20.1 Å². The first-order chi connectivity index (χ1) is 14.2. The van der Waals surface area contributed by atoms with Gasteiger partial charge in [-0.15, -0.1) is 0 Å². The number of aromatic nitrogens is 2. The minimum absolute atomic E-state index is 0.00744. The number of rotatable bonds is 6. The molecule has 0 aliphatic heterocycles. The molecular formula is C22H22BrClN4O2. The second kappa shape index (κ2) is 9.19. The third-order valence-electron chi connectivity index (χ3n) is 4.83. The Labute approximate surface area is 188 Å². The molecule has 0 radical (unpaired) electrons. The third kappa shape index (κ3) is 4.52. The lowest BCUT2D eigenvalue weighted by atomic mass is 9.99. The zero-order valence-electron chi connectivity index (χ0n) is 16.8. The molecule has 1 heterocycles. The molecule has 0 saturated carbocycles. The zero-order chi connectivity index (χ0) is 22.0. The number of hydrogen-bond donors (Lipinski definition) is 3. The summed E-state index contributed by atoms with van der Waals surface area (Å²) in [6, 6.07) is 14.4. The number of nitrogens with zero attached hydrogens (tertiary/aromatic N) is 3. The van der Waals surface area contributed by atoms with E-state index in [9.17, 15) is 10.2 Å². The van der Waals surface area contributed by atoms with Crippen LogP contribution in [0.15, 0.2) is 47.2 Å². The van der Waals surface area contributed by atoms with Gasteiger partial charge in [-0.3, -0.25) is 0 Å². The SMILES string of the molecule is Cc1cc(C#N)ccc1NC(c1ccc(Cl)cc1)c1c(C(O)O)nc(Br)n1C(C)C. The van der Waals surface area contributed by atoms with Crippen LogP contribution < -0.4 is 5.32 Å². The van der Waals surface area contributed by atoms with Crippen LogP contribution in [0.5, 0.6) is 0 Å². The number of benzene rings is 2. The number of aliphatic hydroxyl groups excluding tert-OH is 1. The van der Waals surface area contributed by atoms with Crippen molar-refractivity contribution in [2.45, 2.75) is 39.1 Å². The maximum Gasteiger partial charge on any atom is 0.198 e. The summed E-state index contributed by atoms with van der Waals surface area (Å²) in [6.45, 7) is 5.91. The molecule has 3 aromatic rings. The van der Waals surface area contributed by atoms with Gasteiger partial charge >= 0.3 is 0 Å². The molecular weight excluding hydrogens is 468 g/mol. The minimum Gasteiger partial charge on any atom is -0.373 e. The van der Waals surface area contributed by atoms with E-state index in [0.29, 0.717) is 21.0 Å². The molecule has 0 bridgehead atoms. The lowest BCUT2D eigenvalue weighted by molar-refractivity contribution is -0.0464. The van der Waals surface area contributed by atoms with Gasteiger partial charge in [0.05, 0.1) is 23.4 Å². The van der Waals surface area contributed by atoms with Crippen LogP contribution in [0.25, 0.3) is 0 Å². The highest BCUT2D eigenvalue weighted by atomic mass is 79.9. The van der Waals surface area contributed by atoms with E-state index in [2.05, 4.69) is 32.3 Å². The van der Waals surface area contributed by atoms with Gasteiger partial charge in [-0.1, -0.05) is 23.7 Å². The first-order valence-corrected chi connectivity index (χ1v) is 10.6. The number of hydrogen-bond acceptors (Lipinski definition) is 5. The van der Waals surface area contributed by atoms with E-state index in [1.807, 2.05) is 43.5 Å². The summed E-state index contributed by atoms with van der Waals surface area (Å²) in [5, 5.41) is 33.3. The average Bonchev–Trinajstić information content (AvgIpc) is 3.05. The maximum atomic E-state index is 10.0. The quantitative estimate of drug-likeness (QED) is 0.411. The summed E-state index contributed by atoms with van der Waals surface area (Å²) in [4.78, 5) is 4.36. The minimum atomic E-state index is -1.74. The Morgan fingerprint density at radius 2 is 1.83 bits per heavy atom. The molecule has 1 atom stereocenters. The molecule has 1 aromatic heterocycles. The van der Waals surface area contributed by atoms with Crippen LogP contribution >= 0.6 is 27.5 Å². The number of aryl methyl sites for hydroxylation is 1. The Morgan fingerprint density at radius 3 is 2.37 bits per heavy atom. The Kier molecular flexibility index (Phi) is 6.84. The summed E-state index contributed by atoms with van der Waals surface area (Å²) in [6.07, 6.45) is -1.74. The van der Waals surface area contributed by atoms with Gasteiger partial charge in [-0.2, -0.15) is 5.26 Å². The predicted octanol–water partition coefficient (Wildman–Crippen LogP) is 5.24. The van der Waals surface area contributed by atoms with Crippen molar-refractivity contribution < 1.29 is 10.2 Å². The van der Waals surface area contributed by atoms with Crippen molar-refractivity contribution >= 4 is 33.2 Å². The lowest BCUT2D eigenvalue weighted by Gasteiger charge is -2.26. The second-order valence-corrected chi connectivity index (χ2v) is 8.40. The van der Waals surface area contributed by atoms with Gasteiger partial charge in [-0.25, -0.2) is 4.98 Å². The van der Waals surface area contributed by atoms with Crippen LogP contribution in [0, 0.1) is 18.3 Å². The highest BCUT2D eigenvalue weighted by Gasteiger charge is 2.29. The number of aliphatic hydroxyl groups is 2. The fraction of sp³-hybridized carbons (Fsp3) is 0.273. The van der Waals surface area contributed by atoms with E-state index in [1.54, 1.807) is 24.3 Å². The Bertz CT molecular complexity index is 1090. The second-order valence-electron chi connectivity index (χ2n) is 7.26. The maximum absolute atomic E-state index is 10.0. The first-order valence-electron chi connectivity index (χ1n) is 9.39. The van der Waals surface area contributed by atoms with Crippen molar-refractivity contribution in [3.8, 4) is 6.07 Å². The van der Waals surface area contributed by atoms with E-state index in [0.717, 1.165) is 16.8 Å². The van der Waals surface area contributed by atoms with Crippen molar-refractivity contribution in [2.75, 3.05) is 5.32 Å². The molecule has 30 heavy (non-hydrogen) atoms. The smallest absolute Gasteiger partial charge is 0.198 e. The Hall–Kier alpha value is -2.37. The van der Waals surface area contributed by atoms with Crippen molar-refractivity contribution in [3.05, 3.63) is 80.3 Å². The van der Waals surface area contributed by atoms with Gasteiger partial charge in [0.2, 0.25) is 0 Å². The van der Waals surface area contributed by atoms with Gasteiger partial charge in [-0.05, 0) is 78.2 Å². The lowest BCUT2D eigenvalue weighted by Crippen LogP contribution is -2.21. The third-order valence-corrected chi connectivity index (χ3v) is 5.64. The number of nitrogens with one attached hydrogen (secondary N) is 1. The molecule has 3 rings (SSSR count). The van der Waals surface area contributed by atoms with Crippen LogP contribution in [0.2, 0.25) is 5.02 Å². The molecule has 1 unspecified atom stereocenters. The monoisotopic (exact) mass is 488 g/mol. The van der Waals surface area contributed by atoms with Gasteiger partial charge in [0.1, 0.15) is 5.69 Å².